The molecule has 0 saturated heterocycles. The number of carboxylic acids is 1. The molecule has 0 aliphatic carbocycles. The Kier molecular flexibility index (Phi) is 2.40. The zero-order valence-electron chi connectivity index (χ0n) is 9.49. The summed E-state index contributed by atoms with van der Waals surface area (Å²) >= 11 is 3.13. The second-order valence-corrected chi connectivity index (χ2v) is 4.76. The minimum absolute atomic E-state index is 0.00959. The van der Waals surface area contributed by atoms with Gasteiger partial charge in [-0.1, -0.05) is 0 Å². The van der Waals surface area contributed by atoms with Crippen molar-refractivity contribution in [1.29, 1.82) is 0 Å². The Balaban J connectivity index is 2.57. The Morgan fingerprint density at radius 3 is 2.74 bits per heavy atom. The molecule has 8 heteroatoms. The summed E-state index contributed by atoms with van der Waals surface area (Å²) in [5.41, 5.74) is 0.112. The Labute approximate surface area is 113 Å². The minimum Gasteiger partial charge on any atom is -0.476 e. The van der Waals surface area contributed by atoms with Crippen LogP contribution in [-0.2, 0) is 7.05 Å². The van der Waals surface area contributed by atoms with Gasteiger partial charge in [-0.25, -0.2) is 18.6 Å². The van der Waals surface area contributed by atoms with Crippen LogP contribution in [0.3, 0.4) is 0 Å². The van der Waals surface area contributed by atoms with E-state index in [4.69, 9.17) is 5.11 Å². The lowest BCUT2D eigenvalue weighted by molar-refractivity contribution is 0.0685. The van der Waals surface area contributed by atoms with Gasteiger partial charge in [0.2, 0.25) is 5.78 Å². The van der Waals surface area contributed by atoms with Gasteiger partial charge in [0.15, 0.2) is 11.5 Å². The number of rotatable bonds is 1. The van der Waals surface area contributed by atoms with Gasteiger partial charge in [-0.15, -0.1) is 0 Å². The number of carbonyl (C=O) groups is 1. The Bertz CT molecular complexity index is 853. The summed E-state index contributed by atoms with van der Waals surface area (Å²) in [6.45, 7) is 0. The van der Waals surface area contributed by atoms with Crippen LogP contribution in [0.4, 0.5) is 8.78 Å². The van der Waals surface area contributed by atoms with E-state index in [0.29, 0.717) is 0 Å². The van der Waals surface area contributed by atoms with Crippen molar-refractivity contribution in [3.63, 3.8) is 0 Å². The fourth-order valence-electron chi connectivity index (χ4n) is 2.09. The van der Waals surface area contributed by atoms with Crippen LogP contribution in [0.1, 0.15) is 10.5 Å². The predicted octanol–water partition coefficient (Wildman–Crippen LogP) is 2.56. The van der Waals surface area contributed by atoms with Crippen LogP contribution in [0.15, 0.2) is 16.7 Å². The maximum atomic E-state index is 13.6. The van der Waals surface area contributed by atoms with Crippen molar-refractivity contribution in [2.75, 3.05) is 0 Å². The van der Waals surface area contributed by atoms with E-state index in [-0.39, 0.29) is 27.1 Å². The second kappa shape index (κ2) is 3.77. The molecule has 0 spiro atoms. The molecular weight excluding hydrogens is 324 g/mol. The van der Waals surface area contributed by atoms with Gasteiger partial charge in [0.1, 0.15) is 15.9 Å². The molecule has 0 aliphatic rings. The molecule has 0 atom stereocenters. The monoisotopic (exact) mass is 329 g/mol. The van der Waals surface area contributed by atoms with Crippen LogP contribution in [0.2, 0.25) is 0 Å². The summed E-state index contributed by atoms with van der Waals surface area (Å²) in [6.07, 6.45) is 0. The van der Waals surface area contributed by atoms with Gasteiger partial charge < -0.3 is 9.67 Å². The van der Waals surface area contributed by atoms with Gasteiger partial charge >= 0.3 is 5.97 Å². The van der Waals surface area contributed by atoms with E-state index in [0.717, 1.165) is 12.1 Å². The third-order valence-corrected chi connectivity index (χ3v) is 3.62. The highest BCUT2D eigenvalue weighted by Gasteiger charge is 2.23. The largest absolute Gasteiger partial charge is 0.476 e. The molecule has 19 heavy (non-hydrogen) atoms. The van der Waals surface area contributed by atoms with E-state index in [1.165, 1.54) is 16.0 Å². The molecule has 1 N–H and O–H groups in total. The van der Waals surface area contributed by atoms with Crippen LogP contribution in [-0.4, -0.2) is 25.0 Å². The number of aryl methyl sites for hydroxylation is 1. The first kappa shape index (κ1) is 12.1. The molecule has 98 valence electrons. The average molecular weight is 330 g/mol. The quantitative estimate of drug-likeness (QED) is 0.746. The molecular formula is C11H6BrF2N3O2. The zero-order valence-corrected chi connectivity index (χ0v) is 11.1. The molecule has 2 aromatic heterocycles. The first-order valence-corrected chi connectivity index (χ1v) is 5.95. The van der Waals surface area contributed by atoms with E-state index in [2.05, 4.69) is 20.9 Å². The van der Waals surface area contributed by atoms with Gasteiger partial charge in [-0.3, -0.25) is 4.40 Å². The molecule has 1 aromatic carbocycles. The van der Waals surface area contributed by atoms with E-state index in [1.54, 1.807) is 0 Å². The van der Waals surface area contributed by atoms with Gasteiger partial charge in [0.05, 0.1) is 5.52 Å². The number of nitrogens with zero attached hydrogens (tertiary/aromatic N) is 3. The number of halogens is 3. The van der Waals surface area contributed by atoms with Gasteiger partial charge in [0, 0.05) is 19.2 Å². The van der Waals surface area contributed by atoms with Crippen molar-refractivity contribution in [1.82, 2.24) is 14.0 Å². The van der Waals surface area contributed by atoms with Crippen LogP contribution in [0, 0.1) is 11.6 Å². The lowest BCUT2D eigenvalue weighted by Gasteiger charge is -1.97. The van der Waals surface area contributed by atoms with Gasteiger partial charge in [0.25, 0.3) is 0 Å². The maximum Gasteiger partial charge on any atom is 0.355 e. The Morgan fingerprint density at radius 2 is 2.11 bits per heavy atom. The third-order valence-electron chi connectivity index (χ3n) is 2.89. The first-order valence-electron chi connectivity index (χ1n) is 5.16. The highest BCUT2D eigenvalue weighted by molar-refractivity contribution is 9.10. The van der Waals surface area contributed by atoms with E-state index in [1.807, 2.05) is 0 Å². The number of hydrogen-bond donors (Lipinski definition) is 1. The molecule has 0 fully saturated rings. The van der Waals surface area contributed by atoms with E-state index < -0.39 is 17.6 Å². The molecule has 3 rings (SSSR count). The molecule has 0 unspecified atom stereocenters. The van der Waals surface area contributed by atoms with E-state index in [9.17, 15) is 13.6 Å². The summed E-state index contributed by atoms with van der Waals surface area (Å²) in [5.74, 6) is -2.49. The molecule has 2 heterocycles. The summed E-state index contributed by atoms with van der Waals surface area (Å²) in [7, 11) is 1.49. The standard InChI is InChI=1S/C11H6BrF2N3O2/c1-16-8(10(18)19)9(12)17-6-3-4(13)2-5(14)7(6)15-11(16)17/h2-3H,1H3,(H,18,19). The number of carboxylic acid groups (broad SMARTS) is 1. The summed E-state index contributed by atoms with van der Waals surface area (Å²) in [6, 6.07) is 1.84. The highest BCUT2D eigenvalue weighted by Crippen LogP contribution is 2.28. The van der Waals surface area contributed by atoms with Crippen molar-refractivity contribution in [2.45, 2.75) is 0 Å². The second-order valence-electron chi connectivity index (χ2n) is 4.01. The predicted molar refractivity (Wildman–Crippen MR) is 66.2 cm³/mol. The topological polar surface area (TPSA) is 59.5 Å². The lowest BCUT2D eigenvalue weighted by Crippen LogP contribution is -2.05. The van der Waals surface area contributed by atoms with Crippen molar-refractivity contribution < 1.29 is 18.7 Å². The summed E-state index contributed by atoms with van der Waals surface area (Å²) in [4.78, 5) is 15.2. The molecule has 3 aromatic rings. The highest BCUT2D eigenvalue weighted by atomic mass is 79.9. The third kappa shape index (κ3) is 1.49. The van der Waals surface area contributed by atoms with Crippen molar-refractivity contribution in [3.05, 3.63) is 34.1 Å². The van der Waals surface area contributed by atoms with Crippen LogP contribution < -0.4 is 0 Å². The van der Waals surface area contributed by atoms with Crippen molar-refractivity contribution >= 4 is 38.7 Å². The SMILES string of the molecule is Cn1c(C(=O)O)c(Br)n2c3cc(F)cc(F)c3nc12. The number of hydrogen-bond acceptors (Lipinski definition) is 2. The number of aromatic carboxylic acids is 1. The van der Waals surface area contributed by atoms with Gasteiger partial charge in [-0.05, 0) is 15.9 Å². The fourth-order valence-corrected chi connectivity index (χ4v) is 2.87. The van der Waals surface area contributed by atoms with E-state index >= 15 is 0 Å². The van der Waals surface area contributed by atoms with Crippen molar-refractivity contribution in [3.8, 4) is 0 Å². The molecule has 0 saturated carbocycles. The molecule has 5 nitrogen and oxygen atoms in total. The molecule has 0 radical (unpaired) electrons. The normalized spacial score (nSPS) is 11.6. The van der Waals surface area contributed by atoms with Crippen LogP contribution >= 0.6 is 15.9 Å². The number of aromatic nitrogens is 3. The Hall–Kier alpha value is -1.96. The molecule has 0 bridgehead atoms. The Morgan fingerprint density at radius 1 is 1.42 bits per heavy atom. The smallest absolute Gasteiger partial charge is 0.355 e. The summed E-state index contributed by atoms with van der Waals surface area (Å²) in [5, 5.41) is 9.11. The number of benzene rings is 1. The first-order chi connectivity index (χ1) is 8.91. The minimum atomic E-state index is -1.16. The van der Waals surface area contributed by atoms with Crippen LogP contribution in [0.25, 0.3) is 16.8 Å². The lowest BCUT2D eigenvalue weighted by atomic mass is 10.3. The van der Waals surface area contributed by atoms with Crippen LogP contribution in [0.5, 0.6) is 0 Å². The average Bonchev–Trinajstić information content (AvgIpc) is 2.77. The number of imidazole rings is 2. The maximum absolute atomic E-state index is 13.6. The number of fused-ring (bicyclic) bond motifs is 3. The molecule has 0 aliphatic heterocycles. The van der Waals surface area contributed by atoms with Crippen molar-refractivity contribution in [2.24, 2.45) is 7.05 Å². The van der Waals surface area contributed by atoms with Gasteiger partial charge in [-0.2, -0.15) is 0 Å². The molecule has 0 amide bonds. The fraction of sp³-hybridized carbons (Fsp3) is 0.0909. The zero-order chi connectivity index (χ0) is 13.9. The summed E-state index contributed by atoms with van der Waals surface area (Å²) < 4.78 is 29.7.